The largest absolute Gasteiger partial charge is 0.384 e. The SMILES string of the molecule is O=C(NCC(F)F)C1CNc2ccccc21. The lowest BCUT2D eigenvalue weighted by atomic mass is 10.0. The minimum absolute atomic E-state index is 0.349. The third-order valence-corrected chi connectivity index (χ3v) is 2.58. The summed E-state index contributed by atoms with van der Waals surface area (Å²) >= 11 is 0. The van der Waals surface area contributed by atoms with E-state index in [-0.39, 0.29) is 11.8 Å². The third kappa shape index (κ3) is 2.13. The zero-order valence-electron chi connectivity index (χ0n) is 8.54. The van der Waals surface area contributed by atoms with E-state index < -0.39 is 13.0 Å². The van der Waals surface area contributed by atoms with Crippen molar-refractivity contribution < 1.29 is 13.6 Å². The van der Waals surface area contributed by atoms with Gasteiger partial charge in [0.15, 0.2) is 0 Å². The molecule has 5 heteroatoms. The van der Waals surface area contributed by atoms with Gasteiger partial charge in [0.25, 0.3) is 6.43 Å². The number of rotatable bonds is 3. The molecular formula is C11H12F2N2O. The number of anilines is 1. The first-order valence-electron chi connectivity index (χ1n) is 5.07. The number of hydrogen-bond donors (Lipinski definition) is 2. The molecule has 1 aromatic rings. The van der Waals surface area contributed by atoms with Crippen LogP contribution >= 0.6 is 0 Å². The second kappa shape index (κ2) is 4.47. The Morgan fingerprint density at radius 3 is 3.00 bits per heavy atom. The molecule has 1 amide bonds. The molecule has 0 spiro atoms. The molecule has 0 radical (unpaired) electrons. The van der Waals surface area contributed by atoms with Gasteiger partial charge < -0.3 is 10.6 Å². The van der Waals surface area contributed by atoms with E-state index >= 15 is 0 Å². The number of carbonyl (C=O) groups excluding carboxylic acids is 1. The maximum absolute atomic E-state index is 11.9. The lowest BCUT2D eigenvalue weighted by Gasteiger charge is -2.10. The predicted molar refractivity (Wildman–Crippen MR) is 56.7 cm³/mol. The molecule has 16 heavy (non-hydrogen) atoms. The van der Waals surface area contributed by atoms with Crippen LogP contribution in [0.4, 0.5) is 14.5 Å². The summed E-state index contributed by atoms with van der Waals surface area (Å²) in [5, 5.41) is 5.31. The number of amides is 1. The molecule has 86 valence electrons. The highest BCUT2D eigenvalue weighted by atomic mass is 19.3. The van der Waals surface area contributed by atoms with E-state index in [1.54, 1.807) is 0 Å². The molecule has 0 aliphatic carbocycles. The second-order valence-electron chi connectivity index (χ2n) is 3.66. The van der Waals surface area contributed by atoms with Crippen LogP contribution in [-0.2, 0) is 4.79 Å². The minimum Gasteiger partial charge on any atom is -0.384 e. The molecule has 0 fully saturated rings. The van der Waals surface area contributed by atoms with E-state index in [4.69, 9.17) is 0 Å². The van der Waals surface area contributed by atoms with Crippen LogP contribution in [0.5, 0.6) is 0 Å². The number of benzene rings is 1. The van der Waals surface area contributed by atoms with Crippen molar-refractivity contribution in [2.45, 2.75) is 12.3 Å². The summed E-state index contributed by atoms with van der Waals surface area (Å²) in [6, 6.07) is 7.40. The Morgan fingerprint density at radius 2 is 2.25 bits per heavy atom. The maximum atomic E-state index is 11.9. The van der Waals surface area contributed by atoms with Gasteiger partial charge in [-0.15, -0.1) is 0 Å². The van der Waals surface area contributed by atoms with Crippen LogP contribution in [0.3, 0.4) is 0 Å². The van der Waals surface area contributed by atoms with Crippen LogP contribution in [0.2, 0.25) is 0 Å². The van der Waals surface area contributed by atoms with Crippen molar-refractivity contribution >= 4 is 11.6 Å². The average molecular weight is 226 g/mol. The van der Waals surface area contributed by atoms with E-state index in [1.807, 2.05) is 24.3 Å². The fourth-order valence-corrected chi connectivity index (χ4v) is 1.82. The molecule has 3 nitrogen and oxygen atoms in total. The van der Waals surface area contributed by atoms with Crippen LogP contribution in [0.15, 0.2) is 24.3 Å². The normalized spacial score (nSPS) is 18.1. The van der Waals surface area contributed by atoms with E-state index in [0.29, 0.717) is 6.54 Å². The Bertz CT molecular complexity index is 395. The molecule has 1 aliphatic heterocycles. The van der Waals surface area contributed by atoms with Gasteiger partial charge in [-0.1, -0.05) is 18.2 Å². The van der Waals surface area contributed by atoms with E-state index in [0.717, 1.165) is 11.3 Å². The summed E-state index contributed by atoms with van der Waals surface area (Å²) in [7, 11) is 0. The second-order valence-corrected chi connectivity index (χ2v) is 3.66. The topological polar surface area (TPSA) is 41.1 Å². The van der Waals surface area contributed by atoms with Crippen molar-refractivity contribution in [1.29, 1.82) is 0 Å². The van der Waals surface area contributed by atoms with Crippen LogP contribution in [-0.4, -0.2) is 25.4 Å². The van der Waals surface area contributed by atoms with Gasteiger partial charge in [-0.3, -0.25) is 4.79 Å². The van der Waals surface area contributed by atoms with E-state index in [1.165, 1.54) is 0 Å². The summed E-state index contributed by atoms with van der Waals surface area (Å²) in [6.45, 7) is -0.119. The number of alkyl halides is 2. The van der Waals surface area contributed by atoms with Crippen molar-refractivity contribution in [3.8, 4) is 0 Å². The molecule has 1 atom stereocenters. The monoisotopic (exact) mass is 226 g/mol. The molecule has 0 bridgehead atoms. The van der Waals surface area contributed by atoms with Crippen molar-refractivity contribution in [3.05, 3.63) is 29.8 Å². The molecule has 1 aliphatic rings. The average Bonchev–Trinajstić information content (AvgIpc) is 2.69. The van der Waals surface area contributed by atoms with Crippen LogP contribution in [0.1, 0.15) is 11.5 Å². The van der Waals surface area contributed by atoms with Crippen LogP contribution in [0, 0.1) is 0 Å². The van der Waals surface area contributed by atoms with Crippen LogP contribution in [0.25, 0.3) is 0 Å². The van der Waals surface area contributed by atoms with Crippen molar-refractivity contribution in [2.24, 2.45) is 0 Å². The highest BCUT2D eigenvalue weighted by molar-refractivity contribution is 5.88. The fraction of sp³-hybridized carbons (Fsp3) is 0.364. The van der Waals surface area contributed by atoms with Gasteiger partial charge in [0.1, 0.15) is 0 Å². The Kier molecular flexibility index (Phi) is 3.03. The molecule has 1 aromatic carbocycles. The number of fused-ring (bicyclic) bond motifs is 1. The Hall–Kier alpha value is -1.65. The highest BCUT2D eigenvalue weighted by Crippen LogP contribution is 2.30. The van der Waals surface area contributed by atoms with Crippen molar-refractivity contribution in [1.82, 2.24) is 5.32 Å². The smallest absolute Gasteiger partial charge is 0.255 e. The van der Waals surface area contributed by atoms with Gasteiger partial charge in [0.05, 0.1) is 12.5 Å². The predicted octanol–water partition coefficient (Wildman–Crippen LogP) is 1.58. The Balaban J connectivity index is 2.04. The summed E-state index contributed by atoms with van der Waals surface area (Å²) < 4.78 is 23.9. The lowest BCUT2D eigenvalue weighted by molar-refractivity contribution is -0.122. The number of para-hydroxylation sites is 1. The zero-order chi connectivity index (χ0) is 11.5. The van der Waals surface area contributed by atoms with E-state index in [2.05, 4.69) is 10.6 Å². The first-order valence-corrected chi connectivity index (χ1v) is 5.07. The zero-order valence-corrected chi connectivity index (χ0v) is 8.54. The maximum Gasteiger partial charge on any atom is 0.255 e. The molecule has 2 rings (SSSR count). The Labute approximate surface area is 91.8 Å². The minimum atomic E-state index is -2.51. The molecule has 2 N–H and O–H groups in total. The van der Waals surface area contributed by atoms with Gasteiger partial charge in [0, 0.05) is 12.2 Å². The highest BCUT2D eigenvalue weighted by Gasteiger charge is 2.28. The van der Waals surface area contributed by atoms with Gasteiger partial charge in [-0.05, 0) is 11.6 Å². The molecule has 1 heterocycles. The molecule has 1 unspecified atom stereocenters. The lowest BCUT2D eigenvalue weighted by Crippen LogP contribution is -2.33. The fourth-order valence-electron chi connectivity index (χ4n) is 1.82. The number of carbonyl (C=O) groups is 1. The van der Waals surface area contributed by atoms with Gasteiger partial charge in [-0.25, -0.2) is 8.78 Å². The number of hydrogen-bond acceptors (Lipinski definition) is 2. The standard InChI is InChI=1S/C11H12F2N2O/c12-10(13)6-15-11(16)8-5-14-9-4-2-1-3-7(8)9/h1-4,8,10,14H,5-6H2,(H,15,16). The van der Waals surface area contributed by atoms with Gasteiger partial charge >= 0.3 is 0 Å². The summed E-state index contributed by atoms with van der Waals surface area (Å²) in [5.41, 5.74) is 1.77. The van der Waals surface area contributed by atoms with Crippen molar-refractivity contribution in [2.75, 3.05) is 18.4 Å². The number of halogens is 2. The Morgan fingerprint density at radius 1 is 1.50 bits per heavy atom. The van der Waals surface area contributed by atoms with Gasteiger partial charge in [0.2, 0.25) is 5.91 Å². The summed E-state index contributed by atoms with van der Waals surface area (Å²) in [6.07, 6.45) is -2.51. The molecular weight excluding hydrogens is 214 g/mol. The molecule has 0 aromatic heterocycles. The third-order valence-electron chi connectivity index (χ3n) is 2.58. The number of nitrogens with one attached hydrogen (secondary N) is 2. The van der Waals surface area contributed by atoms with Crippen LogP contribution < -0.4 is 10.6 Å². The quantitative estimate of drug-likeness (QED) is 0.821. The van der Waals surface area contributed by atoms with Gasteiger partial charge in [-0.2, -0.15) is 0 Å². The summed E-state index contributed by atoms with van der Waals surface area (Å²) in [4.78, 5) is 11.6. The van der Waals surface area contributed by atoms with Crippen molar-refractivity contribution in [3.63, 3.8) is 0 Å². The van der Waals surface area contributed by atoms with E-state index in [9.17, 15) is 13.6 Å². The molecule has 0 saturated heterocycles. The first-order chi connectivity index (χ1) is 7.68. The first kappa shape index (κ1) is 10.9. The molecule has 0 saturated carbocycles. The summed E-state index contributed by atoms with van der Waals surface area (Å²) in [5.74, 6) is -0.715.